The molecule has 0 aromatic carbocycles. The number of allylic oxidation sites excluding steroid dienone is 1. The van der Waals surface area contributed by atoms with Crippen molar-refractivity contribution in [2.45, 2.75) is 40.3 Å². The molecule has 0 aliphatic carbocycles. The Morgan fingerprint density at radius 1 is 1.45 bits per heavy atom. The van der Waals surface area contributed by atoms with Crippen molar-refractivity contribution in [3.63, 3.8) is 0 Å². The second-order valence-electron chi connectivity index (χ2n) is 5.45. The first-order valence-electron chi connectivity index (χ1n) is 7.51. The van der Waals surface area contributed by atoms with Gasteiger partial charge in [-0.25, -0.2) is 0 Å². The second kappa shape index (κ2) is 7.94. The zero-order valence-corrected chi connectivity index (χ0v) is 14.2. The monoisotopic (exact) mass is 306 g/mol. The molecule has 1 atom stereocenters. The van der Waals surface area contributed by atoms with E-state index in [0.29, 0.717) is 18.7 Å². The number of carbonyl (C=O) groups excluding carboxylic acids is 2. The van der Waals surface area contributed by atoms with Crippen LogP contribution in [0.2, 0.25) is 0 Å². The van der Waals surface area contributed by atoms with Crippen molar-refractivity contribution in [2.24, 2.45) is 0 Å². The molecular formula is C17H26N2O3. The molecule has 0 radical (unpaired) electrons. The number of Topliss-reactive ketones (excluding diaryl/α,β-unsaturated/α-hetero) is 1. The first-order chi connectivity index (χ1) is 10.3. The number of ether oxygens (including phenoxy) is 1. The number of hydrogen-bond acceptors (Lipinski definition) is 4. The fourth-order valence-corrected chi connectivity index (χ4v) is 2.38. The van der Waals surface area contributed by atoms with Gasteiger partial charge in [-0.15, -0.1) is 6.58 Å². The molecule has 122 valence electrons. The van der Waals surface area contributed by atoms with Crippen LogP contribution in [0.25, 0.3) is 0 Å². The molecule has 1 aromatic heterocycles. The number of likely N-dealkylation sites (N-methyl/N-ethyl adjacent to an activating group) is 1. The van der Waals surface area contributed by atoms with Gasteiger partial charge in [-0.05, 0) is 40.8 Å². The van der Waals surface area contributed by atoms with Gasteiger partial charge in [0.2, 0.25) is 0 Å². The lowest BCUT2D eigenvalue weighted by Gasteiger charge is -2.22. The highest BCUT2D eigenvalue weighted by Gasteiger charge is 2.23. The van der Waals surface area contributed by atoms with E-state index in [9.17, 15) is 9.59 Å². The van der Waals surface area contributed by atoms with E-state index in [1.165, 1.54) is 0 Å². The Morgan fingerprint density at radius 3 is 2.64 bits per heavy atom. The van der Waals surface area contributed by atoms with Gasteiger partial charge < -0.3 is 9.30 Å². The third-order valence-electron chi connectivity index (χ3n) is 3.87. The summed E-state index contributed by atoms with van der Waals surface area (Å²) in [6.07, 6.45) is 1.81. The molecule has 0 spiro atoms. The van der Waals surface area contributed by atoms with Crippen molar-refractivity contribution >= 4 is 11.8 Å². The Balaban J connectivity index is 2.83. The number of aryl methyl sites for hydroxylation is 1. The third kappa shape index (κ3) is 4.07. The lowest BCUT2D eigenvalue weighted by atomic mass is 10.1. The third-order valence-corrected chi connectivity index (χ3v) is 3.87. The minimum Gasteiger partial charge on any atom is -0.465 e. The molecule has 1 aromatic rings. The summed E-state index contributed by atoms with van der Waals surface area (Å²) in [6, 6.07) is 1.45. The summed E-state index contributed by atoms with van der Waals surface area (Å²) in [5.41, 5.74) is 2.66. The predicted octanol–water partition coefficient (Wildman–Crippen LogP) is 2.36. The molecule has 1 rings (SSSR count). The molecule has 0 fully saturated rings. The highest BCUT2D eigenvalue weighted by atomic mass is 16.5. The number of ketones is 1. The summed E-state index contributed by atoms with van der Waals surface area (Å²) in [7, 11) is 1.75. The lowest BCUT2D eigenvalue weighted by Crippen LogP contribution is -2.40. The Kier molecular flexibility index (Phi) is 6.56. The average Bonchev–Trinajstić information content (AvgIpc) is 2.75. The molecule has 5 nitrogen and oxygen atoms in total. The highest BCUT2D eigenvalue weighted by Crippen LogP contribution is 2.16. The SMILES string of the molecule is C=CCn1c(C)cc(C(=O)CN(C)C(C)C(=O)OCC)c1C. The van der Waals surface area contributed by atoms with E-state index in [1.54, 1.807) is 25.8 Å². The van der Waals surface area contributed by atoms with Crippen molar-refractivity contribution in [3.8, 4) is 0 Å². The van der Waals surface area contributed by atoms with Crippen molar-refractivity contribution < 1.29 is 14.3 Å². The zero-order chi connectivity index (χ0) is 16.9. The molecule has 0 aliphatic heterocycles. The largest absolute Gasteiger partial charge is 0.465 e. The Labute approximate surface area is 132 Å². The summed E-state index contributed by atoms with van der Waals surface area (Å²) in [5, 5.41) is 0. The summed E-state index contributed by atoms with van der Waals surface area (Å²) in [4.78, 5) is 25.9. The lowest BCUT2D eigenvalue weighted by molar-refractivity contribution is -0.148. The first kappa shape index (κ1) is 18.2. The Morgan fingerprint density at radius 2 is 2.09 bits per heavy atom. The quantitative estimate of drug-likeness (QED) is 0.420. The Hall–Kier alpha value is -1.88. The van der Waals surface area contributed by atoms with E-state index < -0.39 is 6.04 Å². The molecule has 1 heterocycles. The van der Waals surface area contributed by atoms with Gasteiger partial charge in [0.25, 0.3) is 0 Å². The van der Waals surface area contributed by atoms with E-state index in [-0.39, 0.29) is 18.3 Å². The maximum Gasteiger partial charge on any atom is 0.323 e. The molecule has 0 N–H and O–H groups in total. The average molecular weight is 306 g/mol. The van der Waals surface area contributed by atoms with Gasteiger partial charge in [0.05, 0.1) is 13.2 Å². The van der Waals surface area contributed by atoms with Crippen molar-refractivity contribution in [1.82, 2.24) is 9.47 Å². The molecule has 22 heavy (non-hydrogen) atoms. The number of rotatable bonds is 8. The maximum absolute atomic E-state index is 12.5. The molecule has 0 saturated carbocycles. The minimum atomic E-state index is -0.444. The van der Waals surface area contributed by atoms with Crippen molar-refractivity contribution in [3.05, 3.63) is 35.7 Å². The number of nitrogens with zero attached hydrogens (tertiary/aromatic N) is 2. The van der Waals surface area contributed by atoms with Crippen LogP contribution in [0.5, 0.6) is 0 Å². The topological polar surface area (TPSA) is 51.5 Å². The van der Waals surface area contributed by atoms with E-state index in [1.807, 2.05) is 26.0 Å². The van der Waals surface area contributed by atoms with Crippen molar-refractivity contribution in [1.29, 1.82) is 0 Å². The van der Waals surface area contributed by atoms with Gasteiger partial charge in [0.15, 0.2) is 5.78 Å². The molecule has 0 aliphatic rings. The van der Waals surface area contributed by atoms with E-state index in [0.717, 1.165) is 11.4 Å². The zero-order valence-electron chi connectivity index (χ0n) is 14.2. The van der Waals surface area contributed by atoms with Crippen LogP contribution in [-0.2, 0) is 16.1 Å². The predicted molar refractivity (Wildman–Crippen MR) is 87.2 cm³/mol. The van der Waals surface area contributed by atoms with Crippen LogP contribution >= 0.6 is 0 Å². The van der Waals surface area contributed by atoms with Gasteiger partial charge in [-0.2, -0.15) is 0 Å². The van der Waals surface area contributed by atoms with E-state index in [4.69, 9.17) is 4.74 Å². The fourth-order valence-electron chi connectivity index (χ4n) is 2.38. The standard InChI is InChI=1S/C17H26N2O3/c1-7-9-19-12(3)10-15(13(19)4)16(20)11-18(6)14(5)17(21)22-8-2/h7,10,14H,1,8-9,11H2,2-6H3. The van der Waals surface area contributed by atoms with Crippen LogP contribution in [-0.4, -0.2) is 47.5 Å². The highest BCUT2D eigenvalue weighted by molar-refractivity contribution is 5.99. The number of esters is 1. The number of hydrogen-bond donors (Lipinski definition) is 0. The molecular weight excluding hydrogens is 280 g/mol. The number of carbonyl (C=O) groups is 2. The molecule has 5 heteroatoms. The molecule has 0 saturated heterocycles. The van der Waals surface area contributed by atoms with Crippen molar-refractivity contribution in [2.75, 3.05) is 20.2 Å². The minimum absolute atomic E-state index is 0.00191. The van der Waals surface area contributed by atoms with Crippen LogP contribution in [0.4, 0.5) is 0 Å². The normalized spacial score (nSPS) is 12.3. The second-order valence-corrected chi connectivity index (χ2v) is 5.45. The summed E-state index contributed by atoms with van der Waals surface area (Å²) in [5.74, 6) is -0.308. The van der Waals surface area contributed by atoms with Crippen LogP contribution in [0, 0.1) is 13.8 Å². The summed E-state index contributed by atoms with van der Waals surface area (Å²) in [6.45, 7) is 12.3. The van der Waals surface area contributed by atoms with Gasteiger partial charge in [0.1, 0.15) is 6.04 Å². The first-order valence-corrected chi connectivity index (χ1v) is 7.51. The molecule has 0 amide bonds. The van der Waals surface area contributed by atoms with Crippen LogP contribution < -0.4 is 0 Å². The van der Waals surface area contributed by atoms with Crippen LogP contribution in [0.1, 0.15) is 35.6 Å². The fraction of sp³-hybridized carbons (Fsp3) is 0.529. The maximum atomic E-state index is 12.5. The molecule has 1 unspecified atom stereocenters. The van der Waals surface area contributed by atoms with E-state index in [2.05, 4.69) is 11.1 Å². The van der Waals surface area contributed by atoms with Crippen LogP contribution in [0.15, 0.2) is 18.7 Å². The number of aromatic nitrogens is 1. The van der Waals surface area contributed by atoms with Gasteiger partial charge in [-0.1, -0.05) is 6.08 Å². The van der Waals surface area contributed by atoms with Gasteiger partial charge >= 0.3 is 5.97 Å². The molecule has 0 bridgehead atoms. The summed E-state index contributed by atoms with van der Waals surface area (Å²) < 4.78 is 7.03. The van der Waals surface area contributed by atoms with Gasteiger partial charge in [0, 0.05) is 23.5 Å². The Bertz CT molecular complexity index is 560. The van der Waals surface area contributed by atoms with E-state index >= 15 is 0 Å². The summed E-state index contributed by atoms with van der Waals surface area (Å²) >= 11 is 0. The smallest absolute Gasteiger partial charge is 0.323 e. The van der Waals surface area contributed by atoms with Crippen LogP contribution in [0.3, 0.4) is 0 Å². The van der Waals surface area contributed by atoms with Gasteiger partial charge in [-0.3, -0.25) is 14.5 Å².